The van der Waals surface area contributed by atoms with E-state index < -0.39 is 38.0 Å². The number of hydrogen-bond donors (Lipinski definition) is 5. The molecule has 0 unspecified atom stereocenters. The fraction of sp³-hybridized carbons (Fsp3) is 0.160. The first-order valence-corrected chi connectivity index (χ1v) is 15.1. The minimum absolute atomic E-state index is 0.0392. The van der Waals surface area contributed by atoms with Gasteiger partial charge in [0.2, 0.25) is 23.1 Å². The van der Waals surface area contributed by atoms with Crippen LogP contribution in [-0.2, 0) is 25.9 Å². The molecule has 45 heavy (non-hydrogen) atoms. The number of aromatic nitrogens is 4. The molecule has 236 valence electrons. The van der Waals surface area contributed by atoms with Gasteiger partial charge in [0.15, 0.2) is 5.69 Å². The van der Waals surface area contributed by atoms with Crippen molar-refractivity contribution in [3.05, 3.63) is 69.2 Å². The molecule has 0 saturated carbocycles. The zero-order valence-electron chi connectivity index (χ0n) is 23.5. The first-order chi connectivity index (χ1) is 21.3. The molecule has 4 rings (SSSR count). The van der Waals surface area contributed by atoms with Crippen LogP contribution in [0.3, 0.4) is 0 Å². The highest BCUT2D eigenvalue weighted by Gasteiger charge is 2.23. The number of carbonyl (C=O) groups excluding carboxylic acids is 1. The lowest BCUT2D eigenvalue weighted by Gasteiger charge is -2.13. The average molecular weight is 678 g/mol. The van der Waals surface area contributed by atoms with Crippen molar-refractivity contribution >= 4 is 74.3 Å². The molecule has 0 fully saturated rings. The number of amides is 1. The van der Waals surface area contributed by atoms with E-state index in [1.165, 1.54) is 33.1 Å². The molecule has 6 N–H and O–H groups in total. The molecule has 0 aliphatic carbocycles. The third-order valence-corrected chi connectivity index (χ3v) is 7.63. The average Bonchev–Trinajstić information content (AvgIpc) is 2.96. The number of carbonyl (C=O) groups is 1. The van der Waals surface area contributed by atoms with Gasteiger partial charge in [-0.25, -0.2) is 4.89 Å². The quantitative estimate of drug-likeness (QED) is 0.0454. The molecule has 2 heterocycles. The number of aromatic hydroxyl groups is 1. The number of nitrogens with one attached hydrogen (secondary N) is 2. The molecule has 0 atom stereocenters. The fourth-order valence-electron chi connectivity index (χ4n) is 3.89. The molecule has 0 bridgehead atoms. The molecule has 17 nitrogen and oxygen atoms in total. The van der Waals surface area contributed by atoms with Gasteiger partial charge in [-0.15, -0.1) is 10.2 Å². The van der Waals surface area contributed by atoms with E-state index in [9.17, 15) is 27.7 Å². The van der Waals surface area contributed by atoms with Crippen LogP contribution in [0.2, 0.25) is 5.28 Å². The van der Waals surface area contributed by atoms with Gasteiger partial charge >= 0.3 is 0 Å². The van der Waals surface area contributed by atoms with Crippen LogP contribution < -0.4 is 21.9 Å². The van der Waals surface area contributed by atoms with Gasteiger partial charge in [0, 0.05) is 28.4 Å². The second-order valence-corrected chi connectivity index (χ2v) is 11.3. The first-order valence-electron chi connectivity index (χ1n) is 12.5. The third-order valence-electron chi connectivity index (χ3n) is 5.89. The maximum atomic E-state index is 12.9. The van der Waals surface area contributed by atoms with E-state index in [1.54, 1.807) is 24.3 Å². The maximum Gasteiger partial charge on any atom is 0.296 e. The highest BCUT2D eigenvalue weighted by molar-refractivity contribution is 7.94. The standard InChI is InChI=1S/C25H24ClN9O8S2/c1-4-35-21(37)18(20(27)36)12(2)19(22(35)38)34-33-16-11-14(7-10-17(16)45(39,40)41)29-25-31-23(26)30-24(32-25)28-13-5-8-15(9-6-13)44-43-42-3/h5-11,37H,4H2,1-3H3,(H2,27,36)(H,39,40,41)(H2,28,29,30,31,32). The third kappa shape index (κ3) is 7.90. The van der Waals surface area contributed by atoms with E-state index in [4.69, 9.17) is 21.7 Å². The zero-order valence-corrected chi connectivity index (χ0v) is 25.9. The van der Waals surface area contributed by atoms with E-state index in [0.29, 0.717) is 5.69 Å². The van der Waals surface area contributed by atoms with Gasteiger partial charge in [-0.2, -0.15) is 27.7 Å². The smallest absolute Gasteiger partial charge is 0.296 e. The molecule has 1 amide bonds. The highest BCUT2D eigenvalue weighted by Crippen LogP contribution is 2.32. The summed E-state index contributed by atoms with van der Waals surface area (Å²) in [5.74, 6) is -1.65. The number of primary amides is 1. The summed E-state index contributed by atoms with van der Waals surface area (Å²) in [6.45, 7) is 2.82. The molecule has 4 aromatic rings. The molecular formula is C25H24ClN9O8S2. The van der Waals surface area contributed by atoms with Crippen molar-refractivity contribution in [3.8, 4) is 5.88 Å². The van der Waals surface area contributed by atoms with Crippen LogP contribution in [0, 0.1) is 6.92 Å². The van der Waals surface area contributed by atoms with Crippen molar-refractivity contribution in [1.29, 1.82) is 0 Å². The second kappa shape index (κ2) is 14.0. The van der Waals surface area contributed by atoms with E-state index in [0.717, 1.165) is 27.6 Å². The van der Waals surface area contributed by atoms with Crippen LogP contribution >= 0.6 is 23.6 Å². The van der Waals surface area contributed by atoms with Gasteiger partial charge < -0.3 is 21.5 Å². The van der Waals surface area contributed by atoms with Crippen LogP contribution in [0.4, 0.5) is 34.6 Å². The van der Waals surface area contributed by atoms with Crippen molar-refractivity contribution in [3.63, 3.8) is 0 Å². The Morgan fingerprint density at radius 1 is 1.09 bits per heavy atom. The number of nitrogens with two attached hydrogens (primary N) is 1. The number of azo groups is 1. The normalized spacial score (nSPS) is 11.6. The molecule has 2 aromatic carbocycles. The molecule has 20 heteroatoms. The Balaban J connectivity index is 1.68. The van der Waals surface area contributed by atoms with Crippen LogP contribution in [0.15, 0.2) is 67.3 Å². The summed E-state index contributed by atoms with van der Waals surface area (Å²) in [6, 6.07) is 10.5. The summed E-state index contributed by atoms with van der Waals surface area (Å²) in [4.78, 5) is 41.9. The predicted octanol–water partition coefficient (Wildman–Crippen LogP) is 4.55. The van der Waals surface area contributed by atoms with Crippen molar-refractivity contribution in [1.82, 2.24) is 19.5 Å². The Labute approximate surface area is 264 Å². The SMILES string of the molecule is CCn1c(O)c(C(N)=O)c(C)c(N=Nc2cc(Nc3nc(Cl)nc(Nc4ccc(SOOC)cc4)n3)ccc2S(=O)(=O)O)c1=O. The molecule has 0 radical (unpaired) electrons. The molecule has 0 aliphatic rings. The minimum atomic E-state index is -4.81. The Bertz CT molecular complexity index is 1960. The lowest BCUT2D eigenvalue weighted by Crippen LogP contribution is -2.25. The van der Waals surface area contributed by atoms with Gasteiger partial charge in [0.1, 0.15) is 16.1 Å². The minimum Gasteiger partial charge on any atom is -0.494 e. The summed E-state index contributed by atoms with van der Waals surface area (Å²) in [7, 11) is -3.43. The van der Waals surface area contributed by atoms with E-state index in [1.807, 2.05) is 0 Å². The number of halogens is 1. The van der Waals surface area contributed by atoms with E-state index >= 15 is 0 Å². The van der Waals surface area contributed by atoms with Gasteiger partial charge in [-0.1, -0.05) is 0 Å². The number of benzene rings is 2. The zero-order chi connectivity index (χ0) is 32.9. The van der Waals surface area contributed by atoms with Crippen LogP contribution in [-0.4, -0.2) is 50.6 Å². The summed E-state index contributed by atoms with van der Waals surface area (Å²) < 4.78 is 39.6. The summed E-state index contributed by atoms with van der Waals surface area (Å²) in [5, 5.41) is 23.7. The first kappa shape index (κ1) is 33.2. The van der Waals surface area contributed by atoms with Crippen LogP contribution in [0.1, 0.15) is 22.8 Å². The Morgan fingerprint density at radius 3 is 2.29 bits per heavy atom. The van der Waals surface area contributed by atoms with E-state index in [-0.39, 0.29) is 46.2 Å². The van der Waals surface area contributed by atoms with Crippen LogP contribution in [0.5, 0.6) is 5.88 Å². The van der Waals surface area contributed by atoms with Gasteiger partial charge in [0.05, 0.1) is 19.2 Å². The summed E-state index contributed by atoms with van der Waals surface area (Å²) in [5.41, 5.74) is 4.11. The van der Waals surface area contributed by atoms with Crippen molar-refractivity contribution in [2.24, 2.45) is 16.0 Å². The monoisotopic (exact) mass is 677 g/mol. The number of anilines is 4. The largest absolute Gasteiger partial charge is 0.494 e. The molecule has 0 aliphatic heterocycles. The lowest BCUT2D eigenvalue weighted by molar-refractivity contribution is -0.160. The van der Waals surface area contributed by atoms with Gasteiger partial charge in [0.25, 0.3) is 21.6 Å². The Morgan fingerprint density at radius 2 is 1.71 bits per heavy atom. The van der Waals surface area contributed by atoms with Crippen molar-refractivity contribution in [2.75, 3.05) is 17.7 Å². The van der Waals surface area contributed by atoms with Gasteiger partial charge in [-0.05, 0) is 67.9 Å². The topological polar surface area (TPSA) is 246 Å². The highest BCUT2D eigenvalue weighted by atomic mass is 35.5. The number of rotatable bonds is 12. The Hall–Kier alpha value is -4.66. The molecular weight excluding hydrogens is 654 g/mol. The van der Waals surface area contributed by atoms with Crippen LogP contribution in [0.25, 0.3) is 0 Å². The fourth-order valence-corrected chi connectivity index (χ4v) is 5.05. The number of pyridine rings is 1. The lowest BCUT2D eigenvalue weighted by atomic mass is 10.1. The predicted molar refractivity (Wildman–Crippen MR) is 164 cm³/mol. The summed E-state index contributed by atoms with van der Waals surface area (Å²) >= 11 is 7.11. The Kier molecular flexibility index (Phi) is 10.3. The maximum absolute atomic E-state index is 12.9. The van der Waals surface area contributed by atoms with Gasteiger partial charge in [-0.3, -0.25) is 18.7 Å². The number of nitrogens with zero attached hydrogens (tertiary/aromatic N) is 6. The van der Waals surface area contributed by atoms with E-state index in [2.05, 4.69) is 40.7 Å². The molecule has 0 saturated heterocycles. The number of hydrogen-bond acceptors (Lipinski definition) is 15. The second-order valence-electron chi connectivity index (χ2n) is 8.79. The van der Waals surface area contributed by atoms with Crippen molar-refractivity contribution in [2.45, 2.75) is 30.2 Å². The van der Waals surface area contributed by atoms with Crippen molar-refractivity contribution < 1.29 is 32.1 Å². The molecule has 0 spiro atoms. The summed E-state index contributed by atoms with van der Waals surface area (Å²) in [6.07, 6.45) is 0. The molecule has 2 aromatic heterocycles.